The molecular weight excluding hydrogens is 268 g/mol. The topological polar surface area (TPSA) is 60.3 Å². The fourth-order valence-electron chi connectivity index (χ4n) is 2.11. The number of pyridine rings is 1. The Labute approximate surface area is 123 Å². The van der Waals surface area contributed by atoms with Crippen LogP contribution in [0.25, 0.3) is 10.9 Å². The first-order valence-electron chi connectivity index (χ1n) is 6.82. The minimum Gasteiger partial charge on any atom is -0.444 e. The van der Waals surface area contributed by atoms with Gasteiger partial charge in [0, 0.05) is 25.0 Å². The van der Waals surface area contributed by atoms with Crippen LogP contribution >= 0.6 is 0 Å². The lowest BCUT2D eigenvalue weighted by atomic mass is 10.1. The Balaban J connectivity index is 2.25. The molecular formula is C16H20N2O3. The zero-order chi connectivity index (χ0) is 15.6. The van der Waals surface area contributed by atoms with Crippen LogP contribution in [-0.4, -0.2) is 16.3 Å². The summed E-state index contributed by atoms with van der Waals surface area (Å²) in [4.78, 5) is 23.6. The summed E-state index contributed by atoms with van der Waals surface area (Å²) in [5, 5.41) is 3.63. The normalized spacial score (nSPS) is 11.4. The largest absolute Gasteiger partial charge is 0.444 e. The van der Waals surface area contributed by atoms with E-state index in [4.69, 9.17) is 4.74 Å². The molecule has 0 fully saturated rings. The molecule has 2 rings (SSSR count). The van der Waals surface area contributed by atoms with Gasteiger partial charge in [0.2, 0.25) is 0 Å². The monoisotopic (exact) mass is 288 g/mol. The molecule has 0 radical (unpaired) electrons. The number of para-hydroxylation sites is 1. The predicted octanol–water partition coefficient (Wildman–Crippen LogP) is 2.56. The Kier molecular flexibility index (Phi) is 4.02. The molecule has 0 saturated carbocycles. The van der Waals surface area contributed by atoms with E-state index < -0.39 is 11.7 Å². The summed E-state index contributed by atoms with van der Waals surface area (Å²) in [6, 6.07) is 9.14. The molecule has 1 aromatic carbocycles. The third-order valence-corrected chi connectivity index (χ3v) is 3.06. The molecule has 0 aliphatic carbocycles. The van der Waals surface area contributed by atoms with E-state index in [1.54, 1.807) is 38.5 Å². The van der Waals surface area contributed by atoms with Crippen LogP contribution < -0.4 is 10.9 Å². The number of hydrogen-bond donors (Lipinski definition) is 1. The van der Waals surface area contributed by atoms with Crippen molar-refractivity contribution in [3.63, 3.8) is 0 Å². The fraction of sp³-hybridized carbons (Fsp3) is 0.375. The van der Waals surface area contributed by atoms with Gasteiger partial charge in [-0.2, -0.15) is 0 Å². The van der Waals surface area contributed by atoms with E-state index in [0.29, 0.717) is 0 Å². The highest BCUT2D eigenvalue weighted by Crippen LogP contribution is 2.16. The zero-order valence-corrected chi connectivity index (χ0v) is 12.8. The van der Waals surface area contributed by atoms with Crippen molar-refractivity contribution in [1.82, 2.24) is 9.88 Å². The van der Waals surface area contributed by atoms with Crippen molar-refractivity contribution < 1.29 is 9.53 Å². The second-order valence-electron chi connectivity index (χ2n) is 5.94. The van der Waals surface area contributed by atoms with Crippen LogP contribution in [0.3, 0.4) is 0 Å². The third kappa shape index (κ3) is 3.62. The standard InChI is InChI=1S/C16H20N2O3/c1-16(2,3)21-15(20)17-10-11-9-14(19)18(4)13-8-6-5-7-12(11)13/h5-9H,10H2,1-4H3,(H,17,20). The van der Waals surface area contributed by atoms with Crippen LogP contribution in [0.4, 0.5) is 4.79 Å². The van der Waals surface area contributed by atoms with Gasteiger partial charge in [-0.25, -0.2) is 4.79 Å². The van der Waals surface area contributed by atoms with Gasteiger partial charge in [-0.15, -0.1) is 0 Å². The summed E-state index contributed by atoms with van der Waals surface area (Å²) in [5.74, 6) is 0. The van der Waals surface area contributed by atoms with E-state index in [-0.39, 0.29) is 12.1 Å². The van der Waals surface area contributed by atoms with Gasteiger partial charge in [0.25, 0.3) is 5.56 Å². The highest BCUT2D eigenvalue weighted by molar-refractivity contribution is 5.82. The van der Waals surface area contributed by atoms with Gasteiger partial charge < -0.3 is 14.6 Å². The lowest BCUT2D eigenvalue weighted by Gasteiger charge is -2.20. The number of carbonyl (C=O) groups excluding carboxylic acids is 1. The molecule has 0 unspecified atom stereocenters. The number of benzene rings is 1. The number of fused-ring (bicyclic) bond motifs is 1. The Morgan fingerprint density at radius 1 is 1.29 bits per heavy atom. The van der Waals surface area contributed by atoms with Crippen LogP contribution in [0.15, 0.2) is 35.1 Å². The molecule has 1 amide bonds. The molecule has 0 atom stereocenters. The summed E-state index contributed by atoms with van der Waals surface area (Å²) in [7, 11) is 1.73. The SMILES string of the molecule is Cn1c(=O)cc(CNC(=O)OC(C)(C)C)c2ccccc21. The van der Waals surface area contributed by atoms with Crippen molar-refractivity contribution in [3.05, 3.63) is 46.2 Å². The molecule has 0 aliphatic rings. The van der Waals surface area contributed by atoms with Gasteiger partial charge in [0.05, 0.1) is 5.52 Å². The van der Waals surface area contributed by atoms with Gasteiger partial charge in [-0.1, -0.05) is 18.2 Å². The van der Waals surface area contributed by atoms with Crippen molar-refractivity contribution in [2.75, 3.05) is 0 Å². The Morgan fingerprint density at radius 2 is 1.95 bits per heavy atom. The van der Waals surface area contributed by atoms with E-state index in [1.807, 2.05) is 24.3 Å². The van der Waals surface area contributed by atoms with E-state index in [0.717, 1.165) is 16.5 Å². The number of carbonyl (C=O) groups is 1. The number of aryl methyl sites for hydroxylation is 1. The maximum atomic E-state index is 11.9. The van der Waals surface area contributed by atoms with Gasteiger partial charge >= 0.3 is 6.09 Å². The third-order valence-electron chi connectivity index (χ3n) is 3.06. The predicted molar refractivity (Wildman–Crippen MR) is 82.3 cm³/mol. The average molecular weight is 288 g/mol. The number of amides is 1. The number of aromatic nitrogens is 1. The Bertz CT molecular complexity index is 726. The number of rotatable bonds is 2. The minimum atomic E-state index is -0.543. The Morgan fingerprint density at radius 3 is 2.62 bits per heavy atom. The van der Waals surface area contributed by atoms with E-state index in [1.165, 1.54) is 0 Å². The molecule has 1 aromatic heterocycles. The molecule has 0 aliphatic heterocycles. The van der Waals surface area contributed by atoms with Gasteiger partial charge in [-0.3, -0.25) is 4.79 Å². The van der Waals surface area contributed by atoms with Crippen molar-refractivity contribution in [2.45, 2.75) is 32.9 Å². The summed E-state index contributed by atoms with van der Waals surface area (Å²) >= 11 is 0. The number of alkyl carbamates (subject to hydrolysis) is 1. The number of ether oxygens (including phenoxy) is 1. The molecule has 1 heterocycles. The van der Waals surface area contributed by atoms with Crippen LogP contribution in [0.5, 0.6) is 0 Å². The smallest absolute Gasteiger partial charge is 0.407 e. The highest BCUT2D eigenvalue weighted by atomic mass is 16.6. The Hall–Kier alpha value is -2.30. The van der Waals surface area contributed by atoms with E-state index in [2.05, 4.69) is 5.32 Å². The second kappa shape index (κ2) is 5.60. The molecule has 0 spiro atoms. The summed E-state index contributed by atoms with van der Waals surface area (Å²) in [5.41, 5.74) is 0.971. The second-order valence-corrected chi connectivity index (χ2v) is 5.94. The van der Waals surface area contributed by atoms with Crippen molar-refractivity contribution in [3.8, 4) is 0 Å². The molecule has 112 valence electrons. The molecule has 1 N–H and O–H groups in total. The number of hydrogen-bond acceptors (Lipinski definition) is 3. The molecule has 5 nitrogen and oxygen atoms in total. The molecule has 2 aromatic rings. The quantitative estimate of drug-likeness (QED) is 0.924. The number of nitrogens with zero attached hydrogens (tertiary/aromatic N) is 1. The maximum Gasteiger partial charge on any atom is 0.407 e. The van der Waals surface area contributed by atoms with Gasteiger partial charge in [-0.05, 0) is 32.4 Å². The molecule has 0 saturated heterocycles. The van der Waals surface area contributed by atoms with E-state index >= 15 is 0 Å². The lowest BCUT2D eigenvalue weighted by molar-refractivity contribution is 0.0524. The molecule has 5 heteroatoms. The first kappa shape index (κ1) is 15.1. The van der Waals surface area contributed by atoms with Gasteiger partial charge in [0.15, 0.2) is 0 Å². The van der Waals surface area contributed by atoms with Crippen molar-refractivity contribution >= 4 is 17.0 Å². The summed E-state index contributed by atoms with van der Waals surface area (Å²) in [6.07, 6.45) is -0.493. The van der Waals surface area contributed by atoms with Crippen molar-refractivity contribution in [2.24, 2.45) is 7.05 Å². The minimum absolute atomic E-state index is 0.102. The van der Waals surface area contributed by atoms with E-state index in [9.17, 15) is 9.59 Å². The first-order valence-corrected chi connectivity index (χ1v) is 6.82. The lowest BCUT2D eigenvalue weighted by Crippen LogP contribution is -2.32. The van der Waals surface area contributed by atoms with Crippen LogP contribution in [0.2, 0.25) is 0 Å². The molecule has 0 bridgehead atoms. The highest BCUT2D eigenvalue weighted by Gasteiger charge is 2.16. The zero-order valence-electron chi connectivity index (χ0n) is 12.8. The fourth-order valence-corrected chi connectivity index (χ4v) is 2.11. The summed E-state index contributed by atoms with van der Waals surface area (Å²) in [6.45, 7) is 5.67. The van der Waals surface area contributed by atoms with Crippen LogP contribution in [0, 0.1) is 0 Å². The molecule has 21 heavy (non-hydrogen) atoms. The van der Waals surface area contributed by atoms with Gasteiger partial charge in [0.1, 0.15) is 5.60 Å². The summed E-state index contributed by atoms with van der Waals surface area (Å²) < 4.78 is 6.78. The first-order chi connectivity index (χ1) is 9.78. The van der Waals surface area contributed by atoms with Crippen LogP contribution in [0.1, 0.15) is 26.3 Å². The van der Waals surface area contributed by atoms with Crippen molar-refractivity contribution in [1.29, 1.82) is 0 Å². The maximum absolute atomic E-state index is 11.9. The van der Waals surface area contributed by atoms with Crippen LogP contribution in [-0.2, 0) is 18.3 Å². The average Bonchev–Trinajstić information content (AvgIpc) is 2.39. The number of nitrogens with one attached hydrogen (secondary N) is 1.